The summed E-state index contributed by atoms with van der Waals surface area (Å²) in [7, 11) is -4.27. The van der Waals surface area contributed by atoms with Crippen molar-refractivity contribution in [2.24, 2.45) is 10.2 Å². The number of hydrogen-bond acceptors (Lipinski definition) is 6. The zero-order valence-electron chi connectivity index (χ0n) is 13.2. The molecule has 0 unspecified atom stereocenters. The van der Waals surface area contributed by atoms with Gasteiger partial charge in [-0.1, -0.05) is 17.7 Å². The molecule has 0 aliphatic heterocycles. The highest BCUT2D eigenvalue weighted by Crippen LogP contribution is 2.38. The van der Waals surface area contributed by atoms with Crippen LogP contribution in [0, 0.1) is 6.92 Å². The van der Waals surface area contributed by atoms with Gasteiger partial charge in [-0.3, -0.25) is 4.79 Å². The number of carbonyl (C=O) groups excluding carboxylic acids is 1. The average molecular weight is 420 g/mol. The predicted octanol–water partition coefficient (Wildman–Crippen LogP) is 3.98. The number of hydrogen-bond donors (Lipinski definition) is 0. The van der Waals surface area contributed by atoms with Crippen LogP contribution in [-0.2, 0) is 22.7 Å². The minimum atomic E-state index is -5.56. The van der Waals surface area contributed by atoms with Gasteiger partial charge in [-0.05, 0) is 25.5 Å². The first-order chi connectivity index (χ1) is 11.7. The van der Waals surface area contributed by atoms with Crippen molar-refractivity contribution in [2.75, 3.05) is 6.54 Å². The molecule has 0 saturated heterocycles. The minimum Gasteiger partial charge on any atom is -0.744 e. The molecule has 1 aromatic rings. The number of alkyl halides is 5. The van der Waals surface area contributed by atoms with E-state index in [0.717, 1.165) is 5.56 Å². The zero-order valence-corrected chi connectivity index (χ0v) is 14.8. The van der Waals surface area contributed by atoms with E-state index in [0.29, 0.717) is 0 Å². The van der Waals surface area contributed by atoms with Gasteiger partial charge >= 0.3 is 12.1 Å². The Labute approximate surface area is 151 Å². The summed E-state index contributed by atoms with van der Waals surface area (Å²) in [5.41, 5.74) is 0.928. The molecule has 26 heavy (non-hydrogen) atoms. The summed E-state index contributed by atoms with van der Waals surface area (Å²) in [6, 6.07) is 5.78. The lowest BCUT2D eigenvalue weighted by Gasteiger charge is -2.18. The Bertz CT molecular complexity index is 719. The standard InChI is InChI=1S/C7H8O3S.C6H7F5N2OS/c1-6-2-4-7(5-3-6)11(8,9)10;7-5(8,6(9,10)11)2-1-3-12-13-4(14)15/h2-5H,1H3,(H,8,9,10);1-3H2,(H,14,15)/p-2. The maximum Gasteiger partial charge on any atom is 0.453 e. The highest BCUT2D eigenvalue weighted by Gasteiger charge is 2.56. The fraction of sp³-hybridized carbons (Fsp3) is 0.462. The van der Waals surface area contributed by atoms with Crippen molar-refractivity contribution in [3.8, 4) is 0 Å². The molecule has 0 fully saturated rings. The molecular weight excluding hydrogens is 407 g/mol. The molecule has 0 aliphatic carbocycles. The van der Waals surface area contributed by atoms with E-state index in [2.05, 4.69) is 22.9 Å². The molecule has 0 N–H and O–H groups in total. The third-order valence-electron chi connectivity index (χ3n) is 2.63. The van der Waals surface area contributed by atoms with Crippen LogP contribution in [0.25, 0.3) is 0 Å². The lowest BCUT2D eigenvalue weighted by Crippen LogP contribution is -2.36. The molecule has 6 nitrogen and oxygen atoms in total. The second-order valence-electron chi connectivity index (χ2n) is 4.80. The first-order valence-electron chi connectivity index (χ1n) is 6.72. The summed E-state index contributed by atoms with van der Waals surface area (Å²) < 4.78 is 90.4. The molecule has 1 amide bonds. The quantitative estimate of drug-likeness (QED) is 0.236. The number of azo groups is 1. The third kappa shape index (κ3) is 9.68. The normalized spacial score (nSPS) is 12.6. The predicted molar refractivity (Wildman–Crippen MR) is 81.9 cm³/mol. The van der Waals surface area contributed by atoms with E-state index in [1.54, 1.807) is 12.1 Å². The third-order valence-corrected chi connectivity index (χ3v) is 3.56. The molecule has 0 aromatic heterocycles. The van der Waals surface area contributed by atoms with E-state index in [9.17, 15) is 39.7 Å². The number of nitrogens with zero attached hydrogens (tertiary/aromatic N) is 2. The molecule has 148 valence electrons. The van der Waals surface area contributed by atoms with Crippen molar-refractivity contribution in [1.82, 2.24) is 0 Å². The van der Waals surface area contributed by atoms with Gasteiger partial charge in [-0.2, -0.15) is 27.1 Å². The van der Waals surface area contributed by atoms with Gasteiger partial charge in [0.25, 0.3) is 0 Å². The van der Waals surface area contributed by atoms with E-state index in [1.807, 2.05) is 6.92 Å². The highest BCUT2D eigenvalue weighted by atomic mass is 32.2. The monoisotopic (exact) mass is 420 g/mol. The maximum absolute atomic E-state index is 12.2. The van der Waals surface area contributed by atoms with Gasteiger partial charge < -0.3 is 17.2 Å². The largest absolute Gasteiger partial charge is 0.744 e. The number of amides is 1. The fourth-order valence-electron chi connectivity index (χ4n) is 1.33. The van der Waals surface area contributed by atoms with Gasteiger partial charge in [0.05, 0.1) is 11.4 Å². The molecule has 1 rings (SSSR count). The Hall–Kier alpha value is -1.73. The number of halogens is 5. The van der Waals surface area contributed by atoms with Crippen molar-refractivity contribution in [2.45, 2.75) is 36.8 Å². The Balaban J connectivity index is 0.000000502. The van der Waals surface area contributed by atoms with Crippen LogP contribution in [0.1, 0.15) is 18.4 Å². The Morgan fingerprint density at radius 2 is 1.65 bits per heavy atom. The highest BCUT2D eigenvalue weighted by molar-refractivity contribution is 7.85. The maximum atomic E-state index is 12.2. The molecule has 0 spiro atoms. The summed E-state index contributed by atoms with van der Waals surface area (Å²) in [4.78, 5) is 9.81. The lowest BCUT2D eigenvalue weighted by molar-refractivity contribution is -0.284. The number of rotatable bonds is 5. The molecule has 0 saturated carbocycles. The van der Waals surface area contributed by atoms with Crippen LogP contribution in [0.15, 0.2) is 39.4 Å². The van der Waals surface area contributed by atoms with Crippen LogP contribution in [-0.4, -0.2) is 36.9 Å². The van der Waals surface area contributed by atoms with Crippen molar-refractivity contribution < 1.29 is 39.7 Å². The van der Waals surface area contributed by atoms with Crippen molar-refractivity contribution in [3.05, 3.63) is 29.8 Å². The molecule has 0 bridgehead atoms. The van der Waals surface area contributed by atoms with E-state index in [1.165, 1.54) is 12.1 Å². The van der Waals surface area contributed by atoms with E-state index >= 15 is 0 Å². The van der Waals surface area contributed by atoms with Crippen LogP contribution in [0.4, 0.5) is 26.7 Å². The summed E-state index contributed by atoms with van der Waals surface area (Å²) >= 11 is 3.93. The van der Waals surface area contributed by atoms with Crippen LogP contribution in [0.5, 0.6) is 0 Å². The van der Waals surface area contributed by atoms with Crippen LogP contribution in [0.3, 0.4) is 0 Å². The molecular formula is C13H13F5N2O4S2-2. The van der Waals surface area contributed by atoms with Crippen LogP contribution in [0.2, 0.25) is 0 Å². The number of aryl methyl sites for hydroxylation is 1. The SMILES string of the molecule is Cc1ccc(S(=O)(=O)[O-])cc1.O=C([S-])N=NCCCC(F)(F)C(F)(F)F. The molecule has 0 atom stereocenters. The second-order valence-corrected chi connectivity index (χ2v) is 6.53. The Morgan fingerprint density at radius 1 is 1.15 bits per heavy atom. The van der Waals surface area contributed by atoms with Gasteiger partial charge in [-0.25, -0.2) is 8.42 Å². The van der Waals surface area contributed by atoms with E-state index < -0.39 is 46.8 Å². The van der Waals surface area contributed by atoms with Gasteiger partial charge in [0.15, 0.2) is 0 Å². The van der Waals surface area contributed by atoms with Gasteiger partial charge in [0, 0.05) is 6.42 Å². The summed E-state index contributed by atoms with van der Waals surface area (Å²) in [6.07, 6.45) is -7.47. The van der Waals surface area contributed by atoms with Crippen molar-refractivity contribution in [1.29, 1.82) is 0 Å². The van der Waals surface area contributed by atoms with Crippen molar-refractivity contribution >= 4 is 28.0 Å². The zero-order chi connectivity index (χ0) is 20.6. The van der Waals surface area contributed by atoms with Gasteiger partial charge in [0.1, 0.15) is 15.4 Å². The van der Waals surface area contributed by atoms with Gasteiger partial charge in [-0.15, -0.1) is 5.11 Å². The molecule has 13 heteroatoms. The number of benzene rings is 1. The summed E-state index contributed by atoms with van der Waals surface area (Å²) in [6.45, 7) is 1.43. The lowest BCUT2D eigenvalue weighted by atomic mass is 10.2. The average Bonchev–Trinajstić information content (AvgIpc) is 2.45. The van der Waals surface area contributed by atoms with Crippen molar-refractivity contribution in [3.63, 3.8) is 0 Å². The fourth-order valence-corrected chi connectivity index (χ4v) is 1.85. The van der Waals surface area contributed by atoms with Crippen LogP contribution >= 0.6 is 0 Å². The first-order valence-corrected chi connectivity index (χ1v) is 8.54. The Morgan fingerprint density at radius 3 is 2.04 bits per heavy atom. The van der Waals surface area contributed by atoms with E-state index in [4.69, 9.17) is 0 Å². The molecule has 1 aromatic carbocycles. The minimum absolute atomic E-state index is 0.178. The summed E-state index contributed by atoms with van der Waals surface area (Å²) in [5.74, 6) is -4.74. The topological polar surface area (TPSA) is 99.0 Å². The Kier molecular flexibility index (Phi) is 9.17. The van der Waals surface area contributed by atoms with Gasteiger partial charge in [0.2, 0.25) is 0 Å². The smallest absolute Gasteiger partial charge is 0.453 e. The second kappa shape index (κ2) is 9.83. The molecule has 0 heterocycles. The van der Waals surface area contributed by atoms with Crippen LogP contribution < -0.4 is 0 Å². The van der Waals surface area contributed by atoms with E-state index in [-0.39, 0.29) is 4.90 Å². The molecule has 0 radical (unpaired) electrons. The summed E-state index contributed by atoms with van der Waals surface area (Å²) in [5, 5.41) is 4.76. The molecule has 0 aliphatic rings. The number of carbonyl (C=O) groups is 1. The first kappa shape index (κ1) is 24.3.